The van der Waals surface area contributed by atoms with Crippen molar-refractivity contribution in [3.8, 4) is 0 Å². The van der Waals surface area contributed by atoms with E-state index in [1.807, 2.05) is 39.0 Å². The minimum Gasteiger partial charge on any atom is -0.459 e. The van der Waals surface area contributed by atoms with Gasteiger partial charge in [-0.05, 0) is 45.6 Å². The topological polar surface area (TPSA) is 64.3 Å². The highest BCUT2D eigenvalue weighted by Crippen LogP contribution is 2.12. The van der Waals surface area contributed by atoms with E-state index in [-0.39, 0.29) is 18.2 Å². The molecule has 4 heteroatoms. The van der Waals surface area contributed by atoms with Crippen LogP contribution in [0.4, 0.5) is 0 Å². The summed E-state index contributed by atoms with van der Waals surface area (Å²) in [6.07, 6.45) is 3.13. The Labute approximate surface area is 134 Å². The van der Waals surface area contributed by atoms with Crippen LogP contribution in [-0.2, 0) is 16.0 Å². The Morgan fingerprint density at radius 1 is 1.23 bits per heavy atom. The van der Waals surface area contributed by atoms with Gasteiger partial charge in [0.25, 0.3) is 0 Å². The zero-order valence-corrected chi connectivity index (χ0v) is 14.3. The molecule has 22 heavy (non-hydrogen) atoms. The molecule has 1 aromatic carbocycles. The third-order valence-corrected chi connectivity index (χ3v) is 3.27. The van der Waals surface area contributed by atoms with E-state index in [2.05, 4.69) is 24.4 Å². The number of hydrogen-bond donors (Lipinski definition) is 2. The van der Waals surface area contributed by atoms with Gasteiger partial charge in [0.05, 0.1) is 6.17 Å². The molecule has 0 heterocycles. The average Bonchev–Trinajstić information content (AvgIpc) is 2.43. The quantitative estimate of drug-likeness (QED) is 0.572. The Hall–Kier alpha value is -1.39. The van der Waals surface area contributed by atoms with Crippen LogP contribution in [0, 0.1) is 0 Å². The molecule has 0 amide bonds. The molecule has 3 N–H and O–H groups in total. The monoisotopic (exact) mass is 306 g/mol. The largest absolute Gasteiger partial charge is 0.459 e. The van der Waals surface area contributed by atoms with Gasteiger partial charge in [-0.1, -0.05) is 43.7 Å². The van der Waals surface area contributed by atoms with E-state index in [4.69, 9.17) is 10.5 Å². The van der Waals surface area contributed by atoms with Crippen molar-refractivity contribution in [3.63, 3.8) is 0 Å². The maximum Gasteiger partial charge on any atom is 0.323 e. The molecule has 0 spiro atoms. The molecule has 1 rings (SSSR count). The summed E-state index contributed by atoms with van der Waals surface area (Å²) in [5, 5.41) is 3.21. The van der Waals surface area contributed by atoms with Gasteiger partial charge in [0.15, 0.2) is 0 Å². The number of aryl methyl sites for hydroxylation is 1. The number of nitrogens with two attached hydrogens (primary N) is 1. The summed E-state index contributed by atoms with van der Waals surface area (Å²) in [4.78, 5) is 12.4. The normalized spacial score (nSPS) is 14.4. The van der Waals surface area contributed by atoms with Crippen LogP contribution in [0.15, 0.2) is 30.3 Å². The second-order valence-corrected chi connectivity index (χ2v) is 6.67. The lowest BCUT2D eigenvalue weighted by atomic mass is 10.0. The number of hydrogen-bond acceptors (Lipinski definition) is 4. The van der Waals surface area contributed by atoms with Gasteiger partial charge >= 0.3 is 5.97 Å². The van der Waals surface area contributed by atoms with Crippen LogP contribution >= 0.6 is 0 Å². The number of rotatable bonds is 8. The molecule has 0 aromatic heterocycles. The molecule has 0 aliphatic rings. The molecule has 0 aliphatic heterocycles. The van der Waals surface area contributed by atoms with Crippen molar-refractivity contribution in [2.24, 2.45) is 5.73 Å². The van der Waals surface area contributed by atoms with Gasteiger partial charge in [-0.15, -0.1) is 0 Å². The fourth-order valence-electron chi connectivity index (χ4n) is 2.25. The maximum atomic E-state index is 12.4. The third-order valence-electron chi connectivity index (χ3n) is 3.27. The second-order valence-electron chi connectivity index (χ2n) is 6.67. The first-order valence-corrected chi connectivity index (χ1v) is 8.10. The fourth-order valence-corrected chi connectivity index (χ4v) is 2.25. The Balaban J connectivity index is 2.66. The van der Waals surface area contributed by atoms with Crippen LogP contribution in [0.5, 0.6) is 0 Å². The van der Waals surface area contributed by atoms with Crippen LogP contribution in [0.25, 0.3) is 0 Å². The summed E-state index contributed by atoms with van der Waals surface area (Å²) in [5.74, 6) is -0.227. The predicted octanol–water partition coefficient (Wildman–Crippen LogP) is 3.00. The molecule has 2 atom stereocenters. The van der Waals surface area contributed by atoms with Crippen molar-refractivity contribution < 1.29 is 9.53 Å². The lowest BCUT2D eigenvalue weighted by molar-refractivity contribution is -0.157. The molecule has 0 radical (unpaired) electrons. The standard InChI is InChI=1S/C18H30N2O2/c1-5-9-16(19)20-15(17(21)22-18(2,3)4)13-12-14-10-7-6-8-11-14/h6-8,10-11,15-16,20H,5,9,12-13,19H2,1-4H3. The summed E-state index contributed by atoms with van der Waals surface area (Å²) in [6.45, 7) is 7.72. The van der Waals surface area contributed by atoms with Gasteiger partial charge < -0.3 is 10.5 Å². The first-order chi connectivity index (χ1) is 10.3. The van der Waals surface area contributed by atoms with Crippen molar-refractivity contribution in [1.82, 2.24) is 5.32 Å². The van der Waals surface area contributed by atoms with Crippen LogP contribution in [0.3, 0.4) is 0 Å². The Morgan fingerprint density at radius 2 is 1.86 bits per heavy atom. The van der Waals surface area contributed by atoms with E-state index in [1.165, 1.54) is 5.56 Å². The number of benzene rings is 1. The van der Waals surface area contributed by atoms with Crippen LogP contribution in [0.1, 0.15) is 52.5 Å². The molecule has 0 aliphatic carbocycles. The van der Waals surface area contributed by atoms with Crippen molar-refractivity contribution in [1.29, 1.82) is 0 Å². The summed E-state index contributed by atoms with van der Waals surface area (Å²) < 4.78 is 5.51. The van der Waals surface area contributed by atoms with Crippen molar-refractivity contribution >= 4 is 5.97 Å². The van der Waals surface area contributed by atoms with Gasteiger partial charge in [-0.2, -0.15) is 0 Å². The Morgan fingerprint density at radius 3 is 2.41 bits per heavy atom. The highest BCUT2D eigenvalue weighted by molar-refractivity contribution is 5.76. The molecule has 0 fully saturated rings. The van der Waals surface area contributed by atoms with E-state index in [1.54, 1.807) is 0 Å². The third kappa shape index (κ3) is 7.57. The smallest absolute Gasteiger partial charge is 0.323 e. The molecule has 0 saturated carbocycles. The Kier molecular flexibility index (Phi) is 7.56. The van der Waals surface area contributed by atoms with E-state index in [0.717, 1.165) is 19.3 Å². The predicted molar refractivity (Wildman–Crippen MR) is 90.4 cm³/mol. The zero-order valence-electron chi connectivity index (χ0n) is 14.3. The summed E-state index contributed by atoms with van der Waals surface area (Å²) in [6, 6.07) is 9.77. The maximum absolute atomic E-state index is 12.4. The number of carbonyl (C=O) groups is 1. The summed E-state index contributed by atoms with van der Waals surface area (Å²) in [5.41, 5.74) is 6.76. The molecule has 1 aromatic rings. The summed E-state index contributed by atoms with van der Waals surface area (Å²) >= 11 is 0. The first-order valence-electron chi connectivity index (χ1n) is 8.10. The average molecular weight is 306 g/mol. The van der Waals surface area contributed by atoms with Gasteiger partial charge in [0.2, 0.25) is 0 Å². The summed E-state index contributed by atoms with van der Waals surface area (Å²) in [7, 11) is 0. The van der Waals surface area contributed by atoms with Crippen molar-refractivity contribution in [2.75, 3.05) is 0 Å². The van der Waals surface area contributed by atoms with E-state index in [0.29, 0.717) is 6.42 Å². The van der Waals surface area contributed by atoms with Gasteiger partial charge in [0, 0.05) is 0 Å². The highest BCUT2D eigenvalue weighted by Gasteiger charge is 2.26. The number of carbonyl (C=O) groups excluding carboxylic acids is 1. The number of nitrogens with one attached hydrogen (secondary N) is 1. The fraction of sp³-hybridized carbons (Fsp3) is 0.611. The molecule has 4 nitrogen and oxygen atoms in total. The Bertz CT molecular complexity index is 440. The van der Waals surface area contributed by atoms with Crippen molar-refractivity contribution in [2.45, 2.75) is 71.2 Å². The van der Waals surface area contributed by atoms with E-state index < -0.39 is 5.60 Å². The molecule has 2 unspecified atom stereocenters. The van der Waals surface area contributed by atoms with Gasteiger partial charge in [-0.3, -0.25) is 10.1 Å². The molecule has 124 valence electrons. The minimum absolute atomic E-state index is 0.182. The van der Waals surface area contributed by atoms with Crippen LogP contribution < -0.4 is 11.1 Å². The first kappa shape index (κ1) is 18.7. The van der Waals surface area contributed by atoms with E-state index >= 15 is 0 Å². The second kappa shape index (κ2) is 8.91. The van der Waals surface area contributed by atoms with Gasteiger partial charge in [0.1, 0.15) is 11.6 Å². The van der Waals surface area contributed by atoms with Gasteiger partial charge in [-0.25, -0.2) is 0 Å². The van der Waals surface area contributed by atoms with Crippen LogP contribution in [-0.4, -0.2) is 23.8 Å². The lowest BCUT2D eigenvalue weighted by Crippen LogP contribution is -2.49. The molecular formula is C18H30N2O2. The molecule has 0 bridgehead atoms. The zero-order chi connectivity index (χ0) is 16.6. The SMILES string of the molecule is CCCC(N)NC(CCc1ccccc1)C(=O)OC(C)(C)C. The molecule has 0 saturated heterocycles. The van der Waals surface area contributed by atoms with Crippen LogP contribution in [0.2, 0.25) is 0 Å². The number of esters is 1. The minimum atomic E-state index is -0.487. The molecular weight excluding hydrogens is 276 g/mol. The van der Waals surface area contributed by atoms with E-state index in [9.17, 15) is 4.79 Å². The number of ether oxygens (including phenoxy) is 1. The lowest BCUT2D eigenvalue weighted by Gasteiger charge is -2.26. The van der Waals surface area contributed by atoms with Crippen molar-refractivity contribution in [3.05, 3.63) is 35.9 Å². The highest BCUT2D eigenvalue weighted by atomic mass is 16.6.